The molecule has 0 heterocycles. The second-order valence-corrected chi connectivity index (χ2v) is 2.49. The molecular weight excluding hydrogens is 168 g/mol. The average Bonchev–Trinajstić information content (AvgIpc) is 2.15. The minimum absolute atomic E-state index is 0.435. The summed E-state index contributed by atoms with van der Waals surface area (Å²) in [6.07, 6.45) is 0. The molecule has 4 heteroatoms. The summed E-state index contributed by atoms with van der Waals surface area (Å²) in [6.45, 7) is 2.65. The molecule has 0 aliphatic heterocycles. The van der Waals surface area contributed by atoms with Crippen LogP contribution in [0.2, 0.25) is 0 Å². The SMILES string of the molecule is CCNOc1ccc(C(N)=O)cc1. The molecule has 0 fully saturated rings. The highest BCUT2D eigenvalue weighted by Crippen LogP contribution is 2.10. The minimum atomic E-state index is -0.435. The fourth-order valence-corrected chi connectivity index (χ4v) is 0.843. The van der Waals surface area contributed by atoms with Crippen LogP contribution in [0, 0.1) is 0 Å². The standard InChI is InChI=1S/C9H12N2O2/c1-2-11-13-8-5-3-7(4-6-8)9(10)12/h3-6,11H,2H2,1H3,(H2,10,12). The van der Waals surface area contributed by atoms with Gasteiger partial charge in [0, 0.05) is 12.1 Å². The number of nitrogens with one attached hydrogen (secondary N) is 1. The van der Waals surface area contributed by atoms with E-state index in [0.717, 1.165) is 6.54 Å². The number of carbonyl (C=O) groups is 1. The van der Waals surface area contributed by atoms with Crippen LogP contribution in [-0.2, 0) is 0 Å². The van der Waals surface area contributed by atoms with Crippen LogP contribution >= 0.6 is 0 Å². The van der Waals surface area contributed by atoms with Gasteiger partial charge in [-0.2, -0.15) is 5.48 Å². The number of benzene rings is 1. The molecule has 3 N–H and O–H groups in total. The average molecular weight is 180 g/mol. The summed E-state index contributed by atoms with van der Waals surface area (Å²) in [5.74, 6) is 0.224. The fraction of sp³-hybridized carbons (Fsp3) is 0.222. The molecule has 0 aromatic heterocycles. The van der Waals surface area contributed by atoms with Crippen LogP contribution in [0.4, 0.5) is 0 Å². The van der Waals surface area contributed by atoms with Crippen molar-refractivity contribution < 1.29 is 9.63 Å². The predicted molar refractivity (Wildman–Crippen MR) is 49.3 cm³/mol. The lowest BCUT2D eigenvalue weighted by molar-refractivity contribution is 0.1000. The van der Waals surface area contributed by atoms with Crippen LogP contribution in [0.25, 0.3) is 0 Å². The van der Waals surface area contributed by atoms with Crippen LogP contribution in [0.15, 0.2) is 24.3 Å². The second-order valence-electron chi connectivity index (χ2n) is 2.49. The zero-order valence-corrected chi connectivity index (χ0v) is 7.41. The Morgan fingerprint density at radius 2 is 2.08 bits per heavy atom. The second kappa shape index (κ2) is 4.47. The van der Waals surface area contributed by atoms with Crippen LogP contribution in [-0.4, -0.2) is 12.5 Å². The smallest absolute Gasteiger partial charge is 0.248 e. The zero-order chi connectivity index (χ0) is 9.68. The van der Waals surface area contributed by atoms with E-state index in [4.69, 9.17) is 10.6 Å². The topological polar surface area (TPSA) is 64.3 Å². The lowest BCUT2D eigenvalue weighted by atomic mass is 10.2. The van der Waals surface area contributed by atoms with Gasteiger partial charge in [0.2, 0.25) is 5.91 Å². The highest BCUT2D eigenvalue weighted by Gasteiger charge is 1.99. The number of amides is 1. The van der Waals surface area contributed by atoms with E-state index in [1.54, 1.807) is 24.3 Å². The highest BCUT2D eigenvalue weighted by molar-refractivity contribution is 5.92. The first-order chi connectivity index (χ1) is 6.24. The molecule has 0 aliphatic rings. The van der Waals surface area contributed by atoms with Gasteiger partial charge in [-0.05, 0) is 31.2 Å². The van der Waals surface area contributed by atoms with Crippen LogP contribution < -0.4 is 16.1 Å². The Bertz CT molecular complexity index is 282. The number of hydroxylamine groups is 1. The van der Waals surface area contributed by atoms with Crippen molar-refractivity contribution in [2.24, 2.45) is 5.73 Å². The van der Waals surface area contributed by atoms with Crippen molar-refractivity contribution in [3.63, 3.8) is 0 Å². The van der Waals surface area contributed by atoms with E-state index in [0.29, 0.717) is 11.3 Å². The largest absolute Gasteiger partial charge is 0.409 e. The molecule has 0 radical (unpaired) electrons. The molecule has 70 valence electrons. The molecule has 1 aromatic rings. The number of hydrogen-bond acceptors (Lipinski definition) is 3. The first-order valence-corrected chi connectivity index (χ1v) is 4.03. The summed E-state index contributed by atoms with van der Waals surface area (Å²) in [4.78, 5) is 15.8. The van der Waals surface area contributed by atoms with Gasteiger partial charge in [-0.25, -0.2) is 0 Å². The molecule has 1 aromatic carbocycles. The number of rotatable bonds is 4. The van der Waals surface area contributed by atoms with Crippen molar-refractivity contribution in [2.45, 2.75) is 6.92 Å². The number of hydrogen-bond donors (Lipinski definition) is 2. The molecule has 1 rings (SSSR count). The van der Waals surface area contributed by atoms with Crippen molar-refractivity contribution in [2.75, 3.05) is 6.54 Å². The van der Waals surface area contributed by atoms with Gasteiger partial charge in [0.15, 0.2) is 0 Å². The molecule has 0 atom stereocenters. The van der Waals surface area contributed by atoms with E-state index >= 15 is 0 Å². The Labute approximate surface area is 76.6 Å². The molecular formula is C9H12N2O2. The molecule has 4 nitrogen and oxygen atoms in total. The van der Waals surface area contributed by atoms with Crippen molar-refractivity contribution in [1.29, 1.82) is 0 Å². The zero-order valence-electron chi connectivity index (χ0n) is 7.41. The Kier molecular flexibility index (Phi) is 3.28. The van der Waals surface area contributed by atoms with Crippen molar-refractivity contribution in [3.8, 4) is 5.75 Å². The Morgan fingerprint density at radius 1 is 1.46 bits per heavy atom. The minimum Gasteiger partial charge on any atom is -0.409 e. The van der Waals surface area contributed by atoms with Crippen molar-refractivity contribution in [1.82, 2.24) is 5.48 Å². The van der Waals surface area contributed by atoms with Gasteiger partial charge in [-0.3, -0.25) is 4.79 Å². The number of primary amides is 1. The maximum Gasteiger partial charge on any atom is 0.248 e. The Hall–Kier alpha value is -1.55. The predicted octanol–water partition coefficient (Wildman–Crippen LogP) is 0.689. The lowest BCUT2D eigenvalue weighted by Gasteiger charge is -2.04. The highest BCUT2D eigenvalue weighted by atomic mass is 16.6. The van der Waals surface area contributed by atoms with Gasteiger partial charge in [-0.1, -0.05) is 0 Å². The summed E-state index contributed by atoms with van der Waals surface area (Å²) in [5.41, 5.74) is 8.24. The first kappa shape index (κ1) is 9.54. The third kappa shape index (κ3) is 2.76. The van der Waals surface area contributed by atoms with Gasteiger partial charge in [-0.15, -0.1) is 0 Å². The van der Waals surface area contributed by atoms with E-state index in [1.165, 1.54) is 0 Å². The van der Waals surface area contributed by atoms with Gasteiger partial charge in [0.25, 0.3) is 0 Å². The maximum atomic E-state index is 10.7. The van der Waals surface area contributed by atoms with Gasteiger partial charge < -0.3 is 10.6 Å². The van der Waals surface area contributed by atoms with Gasteiger partial charge in [0.1, 0.15) is 5.75 Å². The molecule has 0 saturated heterocycles. The van der Waals surface area contributed by atoms with Crippen LogP contribution in [0.5, 0.6) is 5.75 Å². The monoisotopic (exact) mass is 180 g/mol. The summed E-state index contributed by atoms with van der Waals surface area (Å²) in [7, 11) is 0. The van der Waals surface area contributed by atoms with Gasteiger partial charge in [0.05, 0.1) is 0 Å². The first-order valence-electron chi connectivity index (χ1n) is 4.03. The van der Waals surface area contributed by atoms with Crippen LogP contribution in [0.3, 0.4) is 0 Å². The Morgan fingerprint density at radius 3 is 2.54 bits per heavy atom. The van der Waals surface area contributed by atoms with E-state index in [-0.39, 0.29) is 0 Å². The fourth-order valence-electron chi connectivity index (χ4n) is 0.843. The molecule has 0 bridgehead atoms. The molecule has 0 saturated carbocycles. The number of carbonyl (C=O) groups excluding carboxylic acids is 1. The van der Waals surface area contributed by atoms with Crippen LogP contribution in [0.1, 0.15) is 17.3 Å². The third-order valence-electron chi connectivity index (χ3n) is 1.47. The van der Waals surface area contributed by atoms with E-state index < -0.39 is 5.91 Å². The van der Waals surface area contributed by atoms with Crippen molar-refractivity contribution >= 4 is 5.91 Å². The summed E-state index contributed by atoms with van der Waals surface area (Å²) in [6, 6.07) is 6.61. The molecule has 0 aliphatic carbocycles. The molecule has 1 amide bonds. The van der Waals surface area contributed by atoms with Crippen molar-refractivity contribution in [3.05, 3.63) is 29.8 Å². The van der Waals surface area contributed by atoms with E-state index in [2.05, 4.69) is 5.48 Å². The Balaban J connectivity index is 2.64. The summed E-state index contributed by atoms with van der Waals surface area (Å²) in [5, 5.41) is 0. The third-order valence-corrected chi connectivity index (χ3v) is 1.47. The quantitative estimate of drug-likeness (QED) is 0.670. The summed E-state index contributed by atoms with van der Waals surface area (Å²) >= 11 is 0. The molecule has 0 spiro atoms. The van der Waals surface area contributed by atoms with E-state index in [1.807, 2.05) is 6.92 Å². The summed E-state index contributed by atoms with van der Waals surface area (Å²) < 4.78 is 0. The normalized spacial score (nSPS) is 9.62. The van der Waals surface area contributed by atoms with Gasteiger partial charge >= 0.3 is 0 Å². The van der Waals surface area contributed by atoms with E-state index in [9.17, 15) is 4.79 Å². The molecule has 13 heavy (non-hydrogen) atoms. The maximum absolute atomic E-state index is 10.7. The number of nitrogens with two attached hydrogens (primary N) is 1. The molecule has 0 unspecified atom stereocenters. The lowest BCUT2D eigenvalue weighted by Crippen LogP contribution is -2.17.